The molecule has 1 heterocycles. The van der Waals surface area contributed by atoms with Crippen molar-refractivity contribution in [2.45, 2.75) is 20.8 Å². The number of nitrogens with one attached hydrogen (secondary N) is 1. The second-order valence-corrected chi connectivity index (χ2v) is 5.03. The molecule has 6 heteroatoms. The summed E-state index contributed by atoms with van der Waals surface area (Å²) in [6.07, 6.45) is 1.40. The normalized spacial score (nSPS) is 10.4. The van der Waals surface area contributed by atoms with Crippen molar-refractivity contribution in [3.8, 4) is 11.6 Å². The van der Waals surface area contributed by atoms with Gasteiger partial charge in [0.1, 0.15) is 16.5 Å². The number of nitrogens with two attached hydrogens (primary N) is 1. The molecule has 0 saturated carbocycles. The highest BCUT2D eigenvalue weighted by Crippen LogP contribution is 2.35. The molecule has 100 valence electrons. The van der Waals surface area contributed by atoms with Crippen LogP contribution in [0.25, 0.3) is 0 Å². The second kappa shape index (κ2) is 5.54. The van der Waals surface area contributed by atoms with E-state index in [-0.39, 0.29) is 0 Å². The van der Waals surface area contributed by atoms with Crippen LogP contribution in [-0.4, -0.2) is 9.97 Å². The summed E-state index contributed by atoms with van der Waals surface area (Å²) in [4.78, 5) is 8.11. The molecule has 0 spiro atoms. The standard InChI is InChI=1S/C13H15BrN4O/c1-7-4-5-8(2)11(9(7)3)19-13-10(14)12(18-15)16-6-17-13/h4-6H,15H2,1-3H3,(H,16,17,18). The Labute approximate surface area is 120 Å². The SMILES string of the molecule is Cc1ccc(C)c(Oc2ncnc(NN)c2Br)c1C. The van der Waals surface area contributed by atoms with Crippen molar-refractivity contribution in [1.82, 2.24) is 9.97 Å². The molecule has 2 rings (SSSR count). The molecule has 0 aliphatic heterocycles. The van der Waals surface area contributed by atoms with Crippen LogP contribution in [0.1, 0.15) is 16.7 Å². The molecule has 0 unspecified atom stereocenters. The predicted molar refractivity (Wildman–Crippen MR) is 78.3 cm³/mol. The summed E-state index contributed by atoms with van der Waals surface area (Å²) in [5, 5.41) is 0. The zero-order chi connectivity index (χ0) is 14.0. The molecule has 0 aliphatic carbocycles. The molecule has 0 amide bonds. The first-order valence-electron chi connectivity index (χ1n) is 5.76. The van der Waals surface area contributed by atoms with Gasteiger partial charge >= 0.3 is 0 Å². The fourth-order valence-corrected chi connectivity index (χ4v) is 2.10. The lowest BCUT2D eigenvalue weighted by Gasteiger charge is -2.14. The molecule has 19 heavy (non-hydrogen) atoms. The van der Waals surface area contributed by atoms with Gasteiger partial charge < -0.3 is 10.2 Å². The van der Waals surface area contributed by atoms with E-state index in [0.29, 0.717) is 16.2 Å². The van der Waals surface area contributed by atoms with E-state index in [1.165, 1.54) is 11.9 Å². The highest BCUT2D eigenvalue weighted by molar-refractivity contribution is 9.10. The van der Waals surface area contributed by atoms with Crippen molar-refractivity contribution in [3.63, 3.8) is 0 Å². The first-order chi connectivity index (χ1) is 9.04. The first-order valence-corrected chi connectivity index (χ1v) is 6.55. The number of nitrogens with zero attached hydrogens (tertiary/aromatic N) is 2. The lowest BCUT2D eigenvalue weighted by molar-refractivity contribution is 0.451. The second-order valence-electron chi connectivity index (χ2n) is 4.24. The molecular formula is C13H15BrN4O. The predicted octanol–water partition coefficient (Wildman–Crippen LogP) is 3.24. The van der Waals surface area contributed by atoms with Crippen LogP contribution in [0.15, 0.2) is 22.9 Å². The average Bonchev–Trinajstić information content (AvgIpc) is 2.41. The fourth-order valence-electron chi connectivity index (χ4n) is 1.70. The van der Waals surface area contributed by atoms with Crippen molar-refractivity contribution in [2.24, 2.45) is 5.84 Å². The largest absolute Gasteiger partial charge is 0.437 e. The smallest absolute Gasteiger partial charge is 0.238 e. The van der Waals surface area contributed by atoms with Gasteiger partial charge in [0.2, 0.25) is 5.88 Å². The number of benzene rings is 1. The van der Waals surface area contributed by atoms with Crippen molar-refractivity contribution in [3.05, 3.63) is 39.6 Å². The van der Waals surface area contributed by atoms with Crippen LogP contribution in [0.3, 0.4) is 0 Å². The molecular weight excluding hydrogens is 308 g/mol. The fraction of sp³-hybridized carbons (Fsp3) is 0.231. The molecule has 0 radical (unpaired) electrons. The third-order valence-electron chi connectivity index (χ3n) is 2.97. The minimum Gasteiger partial charge on any atom is -0.437 e. The lowest BCUT2D eigenvalue weighted by Crippen LogP contribution is -2.10. The number of halogens is 1. The summed E-state index contributed by atoms with van der Waals surface area (Å²) in [5.41, 5.74) is 5.80. The third kappa shape index (κ3) is 2.69. The van der Waals surface area contributed by atoms with Gasteiger partial charge in [0.25, 0.3) is 0 Å². The van der Waals surface area contributed by atoms with Crippen LogP contribution in [0.2, 0.25) is 0 Å². The Morgan fingerprint density at radius 2 is 1.84 bits per heavy atom. The van der Waals surface area contributed by atoms with E-state index in [1.807, 2.05) is 26.8 Å². The van der Waals surface area contributed by atoms with Gasteiger partial charge in [-0.2, -0.15) is 0 Å². The summed E-state index contributed by atoms with van der Waals surface area (Å²) in [7, 11) is 0. The number of nitrogen functional groups attached to an aromatic ring is 1. The summed E-state index contributed by atoms with van der Waals surface area (Å²) < 4.78 is 6.50. The Kier molecular flexibility index (Phi) is 4.01. The van der Waals surface area contributed by atoms with Gasteiger partial charge in [-0.25, -0.2) is 15.8 Å². The maximum absolute atomic E-state index is 5.90. The van der Waals surface area contributed by atoms with Crippen LogP contribution in [0, 0.1) is 20.8 Å². The van der Waals surface area contributed by atoms with Gasteiger partial charge in [-0.15, -0.1) is 0 Å². The molecule has 3 N–H and O–H groups in total. The molecule has 0 atom stereocenters. The van der Waals surface area contributed by atoms with E-state index < -0.39 is 0 Å². The molecule has 2 aromatic rings. The van der Waals surface area contributed by atoms with E-state index >= 15 is 0 Å². The Hall–Kier alpha value is -1.66. The lowest BCUT2D eigenvalue weighted by atomic mass is 10.1. The number of ether oxygens (including phenoxy) is 1. The summed E-state index contributed by atoms with van der Waals surface area (Å²) >= 11 is 3.37. The molecule has 0 aliphatic rings. The van der Waals surface area contributed by atoms with Gasteiger partial charge in [-0.1, -0.05) is 12.1 Å². The summed E-state index contributed by atoms with van der Waals surface area (Å²) in [6, 6.07) is 4.09. The van der Waals surface area contributed by atoms with Crippen LogP contribution in [0.4, 0.5) is 5.82 Å². The Balaban J connectivity index is 2.45. The number of hydrogen-bond acceptors (Lipinski definition) is 5. The summed E-state index contributed by atoms with van der Waals surface area (Å²) in [5.74, 6) is 7.09. The maximum Gasteiger partial charge on any atom is 0.238 e. The van der Waals surface area contributed by atoms with Gasteiger partial charge in [0.05, 0.1) is 0 Å². The van der Waals surface area contributed by atoms with Crippen molar-refractivity contribution < 1.29 is 4.74 Å². The zero-order valence-electron chi connectivity index (χ0n) is 11.0. The van der Waals surface area contributed by atoms with Crippen LogP contribution < -0.4 is 16.0 Å². The van der Waals surface area contributed by atoms with Gasteiger partial charge in [-0.05, 0) is 53.4 Å². The van der Waals surface area contributed by atoms with E-state index in [4.69, 9.17) is 10.6 Å². The van der Waals surface area contributed by atoms with Crippen molar-refractivity contribution in [1.29, 1.82) is 0 Å². The number of hydrogen-bond donors (Lipinski definition) is 2. The van der Waals surface area contributed by atoms with E-state index in [0.717, 1.165) is 16.9 Å². The minimum atomic E-state index is 0.430. The Morgan fingerprint density at radius 1 is 1.16 bits per heavy atom. The zero-order valence-corrected chi connectivity index (χ0v) is 12.6. The molecule has 5 nitrogen and oxygen atoms in total. The minimum absolute atomic E-state index is 0.430. The van der Waals surface area contributed by atoms with Gasteiger partial charge in [0.15, 0.2) is 5.82 Å². The topological polar surface area (TPSA) is 73.1 Å². The van der Waals surface area contributed by atoms with Crippen LogP contribution in [0.5, 0.6) is 11.6 Å². The quantitative estimate of drug-likeness (QED) is 0.670. The maximum atomic E-state index is 5.90. The highest BCUT2D eigenvalue weighted by atomic mass is 79.9. The molecule has 0 bridgehead atoms. The number of aryl methyl sites for hydroxylation is 2. The van der Waals surface area contributed by atoms with Gasteiger partial charge in [0, 0.05) is 0 Å². The number of aromatic nitrogens is 2. The van der Waals surface area contributed by atoms with E-state index in [1.54, 1.807) is 0 Å². The number of hydrazine groups is 1. The summed E-state index contributed by atoms with van der Waals surface area (Å²) in [6.45, 7) is 6.07. The Bertz CT molecular complexity index is 616. The molecule has 1 aromatic heterocycles. The van der Waals surface area contributed by atoms with E-state index in [2.05, 4.69) is 37.4 Å². The number of rotatable bonds is 3. The third-order valence-corrected chi connectivity index (χ3v) is 3.68. The van der Waals surface area contributed by atoms with Crippen molar-refractivity contribution >= 4 is 21.7 Å². The first kappa shape index (κ1) is 13.8. The molecule has 0 saturated heterocycles. The van der Waals surface area contributed by atoms with Crippen molar-refractivity contribution in [2.75, 3.05) is 5.43 Å². The van der Waals surface area contributed by atoms with Gasteiger partial charge in [-0.3, -0.25) is 0 Å². The van der Waals surface area contributed by atoms with Crippen LogP contribution in [-0.2, 0) is 0 Å². The Morgan fingerprint density at radius 3 is 2.53 bits per heavy atom. The highest BCUT2D eigenvalue weighted by Gasteiger charge is 2.13. The molecule has 0 fully saturated rings. The molecule has 1 aromatic carbocycles. The van der Waals surface area contributed by atoms with E-state index in [9.17, 15) is 0 Å². The number of anilines is 1. The van der Waals surface area contributed by atoms with Crippen LogP contribution >= 0.6 is 15.9 Å². The monoisotopic (exact) mass is 322 g/mol. The average molecular weight is 323 g/mol.